The van der Waals surface area contributed by atoms with Crippen LogP contribution in [-0.4, -0.2) is 37.5 Å². The molecule has 0 aliphatic rings. The Kier molecular flexibility index (Phi) is 11.0. The second kappa shape index (κ2) is 11.6. The van der Waals surface area contributed by atoms with E-state index in [0.29, 0.717) is 44.8 Å². The number of carbonyl (C=O) groups is 1. The van der Waals surface area contributed by atoms with Crippen molar-refractivity contribution >= 4 is 5.97 Å². The smallest absolute Gasteiger partial charge is 0.331 e. The highest BCUT2D eigenvalue weighted by atomic mass is 16.5. The summed E-state index contributed by atoms with van der Waals surface area (Å²) in [5.41, 5.74) is 0.418. The standard InChI is InChI=1S/C13H24O4/c1-3-5-9-17-11-8-12(13(14)15)7-6-10-16-4-2/h7H,3-6,8-11H2,1-2H3,(H,14,15). The van der Waals surface area contributed by atoms with Crippen molar-refractivity contribution in [3.05, 3.63) is 11.6 Å². The molecule has 0 saturated carbocycles. The van der Waals surface area contributed by atoms with Crippen molar-refractivity contribution in [3.63, 3.8) is 0 Å². The summed E-state index contributed by atoms with van der Waals surface area (Å²) in [7, 11) is 0. The fourth-order valence-corrected chi connectivity index (χ4v) is 1.29. The van der Waals surface area contributed by atoms with Crippen LogP contribution >= 0.6 is 0 Å². The Bertz CT molecular complexity index is 223. The third kappa shape index (κ3) is 10.0. The maximum absolute atomic E-state index is 10.9. The van der Waals surface area contributed by atoms with Crippen LogP contribution in [0.4, 0.5) is 0 Å². The van der Waals surface area contributed by atoms with E-state index < -0.39 is 5.97 Å². The maximum Gasteiger partial charge on any atom is 0.331 e. The van der Waals surface area contributed by atoms with Gasteiger partial charge in [0.15, 0.2) is 0 Å². The molecule has 4 nitrogen and oxygen atoms in total. The summed E-state index contributed by atoms with van der Waals surface area (Å²) in [6.45, 7) is 6.44. The van der Waals surface area contributed by atoms with Crippen LogP contribution < -0.4 is 0 Å². The highest BCUT2D eigenvalue weighted by molar-refractivity contribution is 5.86. The van der Waals surface area contributed by atoms with Gasteiger partial charge in [0.1, 0.15) is 0 Å². The van der Waals surface area contributed by atoms with Crippen LogP contribution in [0.25, 0.3) is 0 Å². The van der Waals surface area contributed by atoms with Gasteiger partial charge >= 0.3 is 5.97 Å². The largest absolute Gasteiger partial charge is 0.478 e. The van der Waals surface area contributed by atoms with E-state index in [1.54, 1.807) is 6.08 Å². The maximum atomic E-state index is 10.9. The van der Waals surface area contributed by atoms with E-state index in [2.05, 4.69) is 6.92 Å². The molecule has 0 fully saturated rings. The van der Waals surface area contributed by atoms with E-state index in [1.165, 1.54) is 0 Å². The quantitative estimate of drug-likeness (QED) is 0.448. The number of ether oxygens (including phenoxy) is 2. The third-order valence-corrected chi connectivity index (χ3v) is 2.29. The molecule has 17 heavy (non-hydrogen) atoms. The van der Waals surface area contributed by atoms with Crippen LogP contribution in [0.5, 0.6) is 0 Å². The van der Waals surface area contributed by atoms with E-state index in [9.17, 15) is 4.79 Å². The monoisotopic (exact) mass is 244 g/mol. The van der Waals surface area contributed by atoms with E-state index >= 15 is 0 Å². The van der Waals surface area contributed by atoms with Gasteiger partial charge in [-0.15, -0.1) is 0 Å². The van der Waals surface area contributed by atoms with Crippen molar-refractivity contribution in [2.45, 2.75) is 39.5 Å². The predicted octanol–water partition coefficient (Wildman–Crippen LogP) is 2.63. The zero-order valence-corrected chi connectivity index (χ0v) is 10.9. The predicted molar refractivity (Wildman–Crippen MR) is 67.2 cm³/mol. The molecule has 100 valence electrons. The first kappa shape index (κ1) is 16.1. The number of hydrogen-bond donors (Lipinski definition) is 1. The zero-order chi connectivity index (χ0) is 12.9. The Morgan fingerprint density at radius 3 is 2.53 bits per heavy atom. The van der Waals surface area contributed by atoms with Crippen LogP contribution in [0.1, 0.15) is 39.5 Å². The van der Waals surface area contributed by atoms with E-state index in [-0.39, 0.29) is 0 Å². The number of carboxylic acids is 1. The molecule has 4 heteroatoms. The van der Waals surface area contributed by atoms with Gasteiger partial charge in [-0.25, -0.2) is 4.79 Å². The van der Waals surface area contributed by atoms with Gasteiger partial charge in [-0.05, 0) is 19.8 Å². The molecular weight excluding hydrogens is 220 g/mol. The van der Waals surface area contributed by atoms with Crippen molar-refractivity contribution < 1.29 is 19.4 Å². The van der Waals surface area contributed by atoms with Crippen LogP contribution in [-0.2, 0) is 14.3 Å². The zero-order valence-electron chi connectivity index (χ0n) is 10.9. The molecule has 0 heterocycles. The molecule has 0 spiro atoms. The highest BCUT2D eigenvalue weighted by Gasteiger charge is 2.06. The molecule has 0 rings (SSSR count). The van der Waals surface area contributed by atoms with Gasteiger partial charge in [0.2, 0.25) is 0 Å². The van der Waals surface area contributed by atoms with Gasteiger partial charge in [0.05, 0.1) is 13.2 Å². The number of aliphatic carboxylic acids is 1. The van der Waals surface area contributed by atoms with Crippen molar-refractivity contribution in [1.29, 1.82) is 0 Å². The lowest BCUT2D eigenvalue weighted by atomic mass is 10.1. The van der Waals surface area contributed by atoms with Gasteiger partial charge in [0, 0.05) is 25.2 Å². The van der Waals surface area contributed by atoms with Gasteiger partial charge in [0.25, 0.3) is 0 Å². The van der Waals surface area contributed by atoms with Crippen molar-refractivity contribution in [2.75, 3.05) is 26.4 Å². The lowest BCUT2D eigenvalue weighted by molar-refractivity contribution is -0.133. The van der Waals surface area contributed by atoms with E-state index in [1.807, 2.05) is 6.92 Å². The van der Waals surface area contributed by atoms with Crippen molar-refractivity contribution in [1.82, 2.24) is 0 Å². The lowest BCUT2D eigenvalue weighted by Crippen LogP contribution is -2.06. The molecule has 0 aliphatic heterocycles. The van der Waals surface area contributed by atoms with Crippen LogP contribution in [0.2, 0.25) is 0 Å². The Morgan fingerprint density at radius 2 is 1.94 bits per heavy atom. The minimum atomic E-state index is -0.861. The lowest BCUT2D eigenvalue weighted by Gasteiger charge is -2.04. The fourth-order valence-electron chi connectivity index (χ4n) is 1.29. The molecule has 0 atom stereocenters. The molecule has 0 aromatic heterocycles. The van der Waals surface area contributed by atoms with Crippen LogP contribution in [0, 0.1) is 0 Å². The summed E-state index contributed by atoms with van der Waals surface area (Å²) in [6, 6.07) is 0. The Balaban J connectivity index is 3.78. The molecule has 0 amide bonds. The first-order valence-corrected chi connectivity index (χ1v) is 6.30. The summed E-state index contributed by atoms with van der Waals surface area (Å²) in [5, 5.41) is 8.97. The molecule has 0 unspecified atom stereocenters. The number of hydrogen-bond acceptors (Lipinski definition) is 3. The number of carboxylic acid groups (broad SMARTS) is 1. The van der Waals surface area contributed by atoms with Crippen molar-refractivity contribution in [3.8, 4) is 0 Å². The third-order valence-electron chi connectivity index (χ3n) is 2.29. The van der Waals surface area contributed by atoms with Gasteiger partial charge in [-0.2, -0.15) is 0 Å². The van der Waals surface area contributed by atoms with Crippen LogP contribution in [0.3, 0.4) is 0 Å². The van der Waals surface area contributed by atoms with Gasteiger partial charge in [-0.3, -0.25) is 0 Å². The molecular formula is C13H24O4. The summed E-state index contributed by atoms with van der Waals surface area (Å²) < 4.78 is 10.5. The van der Waals surface area contributed by atoms with Crippen LogP contribution in [0.15, 0.2) is 11.6 Å². The molecule has 0 radical (unpaired) electrons. The average Bonchev–Trinajstić information content (AvgIpc) is 2.31. The number of unbranched alkanes of at least 4 members (excludes halogenated alkanes) is 1. The fraction of sp³-hybridized carbons (Fsp3) is 0.769. The summed E-state index contributed by atoms with van der Waals surface area (Å²) in [6.07, 6.45) is 4.95. The SMILES string of the molecule is CCCCOCCC(=CCCOCC)C(=O)O. The first-order chi connectivity index (χ1) is 8.22. The Labute approximate surface area is 104 Å². The molecule has 0 aromatic rings. The average molecular weight is 244 g/mol. The van der Waals surface area contributed by atoms with E-state index in [4.69, 9.17) is 14.6 Å². The molecule has 0 aliphatic carbocycles. The second-order valence-corrected chi connectivity index (χ2v) is 3.74. The van der Waals surface area contributed by atoms with E-state index in [0.717, 1.165) is 12.8 Å². The summed E-state index contributed by atoms with van der Waals surface area (Å²) >= 11 is 0. The summed E-state index contributed by atoms with van der Waals surface area (Å²) in [4.78, 5) is 10.9. The topological polar surface area (TPSA) is 55.8 Å². The normalized spacial score (nSPS) is 11.8. The minimum Gasteiger partial charge on any atom is -0.478 e. The molecule has 0 saturated heterocycles. The Morgan fingerprint density at radius 1 is 1.18 bits per heavy atom. The number of rotatable bonds is 11. The molecule has 0 aromatic carbocycles. The molecule has 1 N–H and O–H groups in total. The Hall–Kier alpha value is -0.870. The van der Waals surface area contributed by atoms with Crippen molar-refractivity contribution in [2.24, 2.45) is 0 Å². The summed E-state index contributed by atoms with van der Waals surface area (Å²) in [5.74, 6) is -0.861. The minimum absolute atomic E-state index is 0.418. The first-order valence-electron chi connectivity index (χ1n) is 6.30. The highest BCUT2D eigenvalue weighted by Crippen LogP contribution is 2.04. The second-order valence-electron chi connectivity index (χ2n) is 3.74. The van der Waals surface area contributed by atoms with Gasteiger partial charge in [-0.1, -0.05) is 19.4 Å². The molecule has 0 bridgehead atoms. The van der Waals surface area contributed by atoms with Gasteiger partial charge < -0.3 is 14.6 Å².